The summed E-state index contributed by atoms with van der Waals surface area (Å²) in [6.07, 6.45) is 3.47. The van der Waals surface area contributed by atoms with Crippen LogP contribution in [0.4, 0.5) is 0 Å². The SMILES string of the molecule is CN=C(NCCc1nc(C)no1)N1CCCC2(CNC(=O)C2)C1.I. The lowest BCUT2D eigenvalue weighted by atomic mass is 9.79. The Labute approximate surface area is 158 Å². The number of guanidine groups is 1. The summed E-state index contributed by atoms with van der Waals surface area (Å²) in [4.78, 5) is 22.4. The number of piperidine rings is 1. The number of aliphatic imine (C=N–C) groups is 1. The van der Waals surface area contributed by atoms with Gasteiger partial charge in [0.25, 0.3) is 0 Å². The number of aryl methyl sites for hydroxylation is 1. The van der Waals surface area contributed by atoms with Gasteiger partial charge in [-0.2, -0.15) is 4.98 Å². The van der Waals surface area contributed by atoms with Gasteiger partial charge in [0.05, 0.1) is 0 Å². The van der Waals surface area contributed by atoms with Crippen molar-refractivity contribution in [3.63, 3.8) is 0 Å². The minimum atomic E-state index is 0. The quantitative estimate of drug-likeness (QED) is 0.402. The van der Waals surface area contributed by atoms with Gasteiger partial charge in [0.1, 0.15) is 0 Å². The van der Waals surface area contributed by atoms with Crippen LogP contribution < -0.4 is 10.6 Å². The van der Waals surface area contributed by atoms with Gasteiger partial charge in [0, 0.05) is 51.5 Å². The Hall–Kier alpha value is -1.39. The van der Waals surface area contributed by atoms with E-state index in [9.17, 15) is 4.79 Å². The molecule has 2 aliphatic heterocycles. The van der Waals surface area contributed by atoms with Gasteiger partial charge in [0.2, 0.25) is 11.8 Å². The van der Waals surface area contributed by atoms with Crippen molar-refractivity contribution >= 4 is 35.8 Å². The summed E-state index contributed by atoms with van der Waals surface area (Å²) in [7, 11) is 1.79. The van der Waals surface area contributed by atoms with Crippen LogP contribution in [0.1, 0.15) is 31.0 Å². The molecule has 2 aliphatic rings. The van der Waals surface area contributed by atoms with E-state index in [1.807, 2.05) is 6.92 Å². The molecule has 3 rings (SSSR count). The van der Waals surface area contributed by atoms with Crippen molar-refractivity contribution in [3.8, 4) is 0 Å². The number of likely N-dealkylation sites (tertiary alicyclic amines) is 1. The molecule has 0 aliphatic carbocycles. The van der Waals surface area contributed by atoms with Crippen molar-refractivity contribution < 1.29 is 9.32 Å². The number of rotatable bonds is 3. The number of amides is 1. The van der Waals surface area contributed by atoms with E-state index in [1.165, 1.54) is 0 Å². The minimum absolute atomic E-state index is 0. The third-order valence-corrected chi connectivity index (χ3v) is 4.56. The van der Waals surface area contributed by atoms with E-state index in [0.29, 0.717) is 31.1 Å². The average Bonchev–Trinajstić information content (AvgIpc) is 3.10. The molecule has 0 aromatic carbocycles. The number of hydrogen-bond donors (Lipinski definition) is 2. The van der Waals surface area contributed by atoms with E-state index in [-0.39, 0.29) is 35.3 Å². The zero-order valence-electron chi connectivity index (χ0n) is 14.2. The molecule has 1 aromatic rings. The predicted molar refractivity (Wildman–Crippen MR) is 100 cm³/mol. The van der Waals surface area contributed by atoms with Crippen molar-refractivity contribution in [3.05, 3.63) is 11.7 Å². The van der Waals surface area contributed by atoms with Crippen LogP contribution in [0.5, 0.6) is 0 Å². The van der Waals surface area contributed by atoms with Crippen LogP contribution >= 0.6 is 24.0 Å². The maximum atomic E-state index is 11.6. The molecule has 2 N–H and O–H groups in total. The first-order valence-corrected chi connectivity index (χ1v) is 8.12. The fraction of sp³-hybridized carbons (Fsp3) is 0.733. The molecular formula is C15H25IN6O2. The van der Waals surface area contributed by atoms with Crippen LogP contribution in [-0.4, -0.2) is 60.1 Å². The second kappa shape index (κ2) is 8.13. The maximum absolute atomic E-state index is 11.6. The van der Waals surface area contributed by atoms with E-state index in [1.54, 1.807) is 7.05 Å². The third-order valence-electron chi connectivity index (χ3n) is 4.56. The first-order chi connectivity index (χ1) is 11.1. The molecule has 2 fully saturated rings. The lowest BCUT2D eigenvalue weighted by Gasteiger charge is -2.40. The number of nitrogens with one attached hydrogen (secondary N) is 2. The standard InChI is InChI=1S/C15H24N6O2.HI/c1-11-19-13(23-20-11)4-6-17-14(16-2)21-7-3-5-15(10-21)8-12(22)18-9-15;/h3-10H2,1-2H3,(H,16,17)(H,18,22);1H. The van der Waals surface area contributed by atoms with E-state index < -0.39 is 0 Å². The fourth-order valence-corrected chi connectivity index (χ4v) is 3.48. The number of carbonyl (C=O) groups is 1. The molecule has 1 unspecified atom stereocenters. The highest BCUT2D eigenvalue weighted by molar-refractivity contribution is 14.0. The third kappa shape index (κ3) is 4.37. The number of hydrogen-bond acceptors (Lipinski definition) is 5. The summed E-state index contributed by atoms with van der Waals surface area (Å²) in [5.74, 6) is 2.33. The minimum Gasteiger partial charge on any atom is -0.356 e. The fourth-order valence-electron chi connectivity index (χ4n) is 3.48. The molecule has 1 spiro atoms. The smallest absolute Gasteiger partial charge is 0.228 e. The topological polar surface area (TPSA) is 95.7 Å². The highest BCUT2D eigenvalue weighted by Crippen LogP contribution is 2.35. The van der Waals surface area contributed by atoms with E-state index in [0.717, 1.165) is 38.4 Å². The van der Waals surface area contributed by atoms with Crippen molar-refractivity contribution in [2.45, 2.75) is 32.6 Å². The molecule has 2 saturated heterocycles. The van der Waals surface area contributed by atoms with Crippen LogP contribution in [0.25, 0.3) is 0 Å². The Balaban J connectivity index is 0.00000208. The molecule has 9 heteroatoms. The maximum Gasteiger partial charge on any atom is 0.228 e. The van der Waals surface area contributed by atoms with E-state index >= 15 is 0 Å². The molecule has 1 atom stereocenters. The molecule has 8 nitrogen and oxygen atoms in total. The van der Waals surface area contributed by atoms with E-state index in [4.69, 9.17) is 4.52 Å². The van der Waals surface area contributed by atoms with Gasteiger partial charge < -0.3 is 20.1 Å². The van der Waals surface area contributed by atoms with Gasteiger partial charge in [-0.15, -0.1) is 24.0 Å². The summed E-state index contributed by atoms with van der Waals surface area (Å²) in [5, 5.41) is 10.1. The van der Waals surface area contributed by atoms with Crippen molar-refractivity contribution in [2.24, 2.45) is 10.4 Å². The summed E-state index contributed by atoms with van der Waals surface area (Å²) in [5.41, 5.74) is 0.0660. The normalized spacial score (nSPS) is 24.0. The van der Waals surface area contributed by atoms with Crippen LogP contribution in [0.3, 0.4) is 0 Å². The highest BCUT2D eigenvalue weighted by Gasteiger charge is 2.42. The summed E-state index contributed by atoms with van der Waals surface area (Å²) in [6, 6.07) is 0. The lowest BCUT2D eigenvalue weighted by molar-refractivity contribution is -0.119. The Morgan fingerprint density at radius 2 is 2.38 bits per heavy atom. The van der Waals surface area contributed by atoms with Crippen molar-refractivity contribution in [2.75, 3.05) is 33.2 Å². The molecule has 3 heterocycles. The van der Waals surface area contributed by atoms with Crippen LogP contribution in [0.15, 0.2) is 9.52 Å². The van der Waals surface area contributed by atoms with Gasteiger partial charge >= 0.3 is 0 Å². The molecule has 1 aromatic heterocycles. The molecule has 0 radical (unpaired) electrons. The predicted octanol–water partition coefficient (Wildman–Crippen LogP) is 0.716. The van der Waals surface area contributed by atoms with Crippen molar-refractivity contribution in [1.29, 1.82) is 0 Å². The first-order valence-electron chi connectivity index (χ1n) is 8.12. The second-order valence-corrected chi connectivity index (χ2v) is 6.44. The number of carbonyl (C=O) groups excluding carboxylic acids is 1. The number of aromatic nitrogens is 2. The monoisotopic (exact) mass is 448 g/mol. The molecule has 24 heavy (non-hydrogen) atoms. The van der Waals surface area contributed by atoms with Crippen molar-refractivity contribution in [1.82, 2.24) is 25.7 Å². The Bertz CT molecular complexity index is 605. The zero-order chi connectivity index (χ0) is 16.3. The number of halogens is 1. The molecular weight excluding hydrogens is 423 g/mol. The summed E-state index contributed by atoms with van der Waals surface area (Å²) in [6.45, 7) is 5.11. The zero-order valence-corrected chi connectivity index (χ0v) is 16.5. The Morgan fingerprint density at radius 3 is 3.00 bits per heavy atom. The summed E-state index contributed by atoms with van der Waals surface area (Å²) < 4.78 is 5.11. The molecule has 134 valence electrons. The molecule has 0 saturated carbocycles. The van der Waals surface area contributed by atoms with Gasteiger partial charge in [0.15, 0.2) is 11.8 Å². The summed E-state index contributed by atoms with van der Waals surface area (Å²) >= 11 is 0. The van der Waals surface area contributed by atoms with E-state index in [2.05, 4.69) is 30.7 Å². The average molecular weight is 448 g/mol. The Morgan fingerprint density at radius 1 is 1.54 bits per heavy atom. The largest absolute Gasteiger partial charge is 0.356 e. The van der Waals surface area contributed by atoms with Crippen LogP contribution in [-0.2, 0) is 11.2 Å². The Kier molecular flexibility index (Phi) is 6.41. The first kappa shape index (κ1) is 18.9. The molecule has 1 amide bonds. The van der Waals surface area contributed by atoms with Gasteiger partial charge in [-0.05, 0) is 19.8 Å². The lowest BCUT2D eigenvalue weighted by Crippen LogP contribution is -2.51. The highest BCUT2D eigenvalue weighted by atomic mass is 127. The van der Waals surface area contributed by atoms with Crippen LogP contribution in [0, 0.1) is 12.3 Å². The van der Waals surface area contributed by atoms with Gasteiger partial charge in [-0.25, -0.2) is 0 Å². The van der Waals surface area contributed by atoms with Crippen LogP contribution in [0.2, 0.25) is 0 Å². The molecule has 0 bridgehead atoms. The van der Waals surface area contributed by atoms with Gasteiger partial charge in [-0.1, -0.05) is 5.16 Å². The number of nitrogens with zero attached hydrogens (tertiary/aromatic N) is 4. The second-order valence-electron chi connectivity index (χ2n) is 6.44. The van der Waals surface area contributed by atoms with Gasteiger partial charge in [-0.3, -0.25) is 9.79 Å².